The molecule has 2 nitrogen and oxygen atoms in total. The van der Waals surface area contributed by atoms with Crippen LogP contribution < -0.4 is 4.74 Å². The molecule has 0 saturated heterocycles. The highest BCUT2D eigenvalue weighted by atomic mass is 127. The summed E-state index contributed by atoms with van der Waals surface area (Å²) in [6, 6.07) is 23.8. The Hall–Kier alpha value is -2.29. The standard InChI is InChI=1S/C23H17ClINO/c1-16-6-9-18(10-7-16)20(14-26)12-17-8-11-23(22(25)13-17)27-15-19-4-2-3-5-21(19)24/h2-13H,15H2,1H3/b20-12-. The minimum Gasteiger partial charge on any atom is -0.488 e. The van der Waals surface area contributed by atoms with Crippen LogP contribution in [-0.4, -0.2) is 0 Å². The first-order valence-corrected chi connectivity index (χ1v) is 9.87. The molecule has 0 spiro atoms. The fourth-order valence-corrected chi connectivity index (χ4v) is 3.46. The largest absolute Gasteiger partial charge is 0.488 e. The highest BCUT2D eigenvalue weighted by Gasteiger charge is 2.06. The predicted octanol–water partition coefficient (Wildman–Crippen LogP) is 6.90. The van der Waals surface area contributed by atoms with Crippen LogP contribution >= 0.6 is 34.2 Å². The molecule has 27 heavy (non-hydrogen) atoms. The van der Waals surface area contributed by atoms with Crippen molar-refractivity contribution in [1.29, 1.82) is 5.26 Å². The first kappa shape index (κ1) is 19.5. The molecular weight excluding hydrogens is 469 g/mol. The van der Waals surface area contributed by atoms with Crippen molar-refractivity contribution in [3.63, 3.8) is 0 Å². The van der Waals surface area contributed by atoms with Crippen molar-refractivity contribution >= 4 is 45.8 Å². The molecule has 0 saturated carbocycles. The maximum Gasteiger partial charge on any atom is 0.133 e. The number of rotatable bonds is 5. The average Bonchev–Trinajstić information content (AvgIpc) is 2.67. The molecule has 3 aromatic carbocycles. The number of aryl methyl sites for hydroxylation is 1. The lowest BCUT2D eigenvalue weighted by molar-refractivity contribution is 0.304. The van der Waals surface area contributed by atoms with E-state index in [1.54, 1.807) is 0 Å². The number of halogens is 2. The molecule has 0 aliphatic heterocycles. The normalized spacial score (nSPS) is 11.1. The number of ether oxygens (including phenoxy) is 1. The number of hydrogen-bond donors (Lipinski definition) is 0. The van der Waals surface area contributed by atoms with Gasteiger partial charge >= 0.3 is 0 Å². The van der Waals surface area contributed by atoms with Crippen LogP contribution in [0.25, 0.3) is 11.6 Å². The summed E-state index contributed by atoms with van der Waals surface area (Å²) < 4.78 is 6.89. The smallest absolute Gasteiger partial charge is 0.133 e. The van der Waals surface area contributed by atoms with E-state index in [1.165, 1.54) is 5.56 Å². The van der Waals surface area contributed by atoms with Crippen LogP contribution in [0.5, 0.6) is 5.75 Å². The zero-order valence-electron chi connectivity index (χ0n) is 14.7. The highest BCUT2D eigenvalue weighted by Crippen LogP contribution is 2.26. The minimum atomic E-state index is 0.414. The summed E-state index contributed by atoms with van der Waals surface area (Å²) in [4.78, 5) is 0. The Morgan fingerprint density at radius 3 is 2.52 bits per heavy atom. The molecule has 3 rings (SSSR count). The number of nitrogens with zero attached hydrogens (tertiary/aromatic N) is 1. The van der Waals surface area contributed by atoms with Gasteiger partial charge in [-0.15, -0.1) is 0 Å². The van der Waals surface area contributed by atoms with Crippen LogP contribution in [0.3, 0.4) is 0 Å². The quantitative estimate of drug-likeness (QED) is 0.224. The number of allylic oxidation sites excluding steroid dienone is 1. The molecule has 0 aliphatic carbocycles. The van der Waals surface area contributed by atoms with E-state index in [-0.39, 0.29) is 0 Å². The van der Waals surface area contributed by atoms with Gasteiger partial charge in [-0.05, 0) is 64.9 Å². The first-order valence-electron chi connectivity index (χ1n) is 8.41. The summed E-state index contributed by atoms with van der Waals surface area (Å²) >= 11 is 8.42. The third kappa shape index (κ3) is 5.12. The average molecular weight is 486 g/mol. The molecule has 0 radical (unpaired) electrons. The Labute approximate surface area is 178 Å². The Morgan fingerprint density at radius 1 is 1.11 bits per heavy atom. The van der Waals surface area contributed by atoms with Gasteiger partial charge in [-0.3, -0.25) is 0 Å². The van der Waals surface area contributed by atoms with Crippen molar-refractivity contribution in [2.45, 2.75) is 13.5 Å². The number of benzene rings is 3. The van der Waals surface area contributed by atoms with Gasteiger partial charge in [0, 0.05) is 10.6 Å². The first-order chi connectivity index (χ1) is 13.1. The van der Waals surface area contributed by atoms with Gasteiger partial charge in [-0.1, -0.05) is 65.7 Å². The fraction of sp³-hybridized carbons (Fsp3) is 0.0870. The fourth-order valence-electron chi connectivity index (χ4n) is 2.57. The van der Waals surface area contributed by atoms with Crippen LogP contribution in [0, 0.1) is 21.8 Å². The summed E-state index contributed by atoms with van der Waals surface area (Å²) in [7, 11) is 0. The number of hydrogen-bond acceptors (Lipinski definition) is 2. The molecule has 0 aliphatic rings. The third-order valence-corrected chi connectivity index (χ3v) is 5.30. The lowest BCUT2D eigenvalue weighted by Gasteiger charge is -2.10. The van der Waals surface area contributed by atoms with Gasteiger partial charge in [0.25, 0.3) is 0 Å². The van der Waals surface area contributed by atoms with Gasteiger partial charge in [-0.2, -0.15) is 5.26 Å². The lowest BCUT2D eigenvalue weighted by Crippen LogP contribution is -1.98. The van der Waals surface area contributed by atoms with E-state index in [0.29, 0.717) is 17.2 Å². The second-order valence-corrected chi connectivity index (χ2v) is 7.68. The molecule has 4 heteroatoms. The lowest BCUT2D eigenvalue weighted by atomic mass is 10.0. The Bertz CT molecular complexity index is 1020. The van der Waals surface area contributed by atoms with Crippen LogP contribution in [0.4, 0.5) is 0 Å². The van der Waals surface area contributed by atoms with Gasteiger partial charge in [0.2, 0.25) is 0 Å². The molecule has 0 heterocycles. The molecule has 3 aromatic rings. The maximum atomic E-state index is 9.51. The van der Waals surface area contributed by atoms with Gasteiger partial charge in [0.05, 0.1) is 15.2 Å². The number of nitriles is 1. The second-order valence-electron chi connectivity index (χ2n) is 6.11. The van der Waals surface area contributed by atoms with Crippen LogP contribution in [-0.2, 0) is 6.61 Å². The molecule has 0 aromatic heterocycles. The van der Waals surface area contributed by atoms with E-state index in [9.17, 15) is 5.26 Å². The zero-order valence-corrected chi connectivity index (χ0v) is 17.7. The van der Waals surface area contributed by atoms with Crippen molar-refractivity contribution in [2.75, 3.05) is 0 Å². The highest BCUT2D eigenvalue weighted by molar-refractivity contribution is 14.1. The van der Waals surface area contributed by atoms with E-state index in [4.69, 9.17) is 16.3 Å². The van der Waals surface area contributed by atoms with E-state index in [0.717, 1.165) is 26.0 Å². The molecular formula is C23H17ClINO. The Balaban J connectivity index is 1.78. The summed E-state index contributed by atoms with van der Waals surface area (Å²) in [5, 5.41) is 10.2. The summed E-state index contributed by atoms with van der Waals surface area (Å²) in [5.74, 6) is 0.793. The molecule has 0 fully saturated rings. The van der Waals surface area contributed by atoms with Crippen LogP contribution in [0.2, 0.25) is 5.02 Å². The van der Waals surface area contributed by atoms with Crippen LogP contribution in [0.15, 0.2) is 66.7 Å². The summed E-state index contributed by atoms with van der Waals surface area (Å²) in [6.45, 7) is 2.45. The van der Waals surface area contributed by atoms with Gasteiger partial charge in [0.15, 0.2) is 0 Å². The second kappa shape index (κ2) is 9.07. The van der Waals surface area contributed by atoms with Crippen molar-refractivity contribution in [1.82, 2.24) is 0 Å². The molecule has 0 unspecified atom stereocenters. The van der Waals surface area contributed by atoms with Crippen molar-refractivity contribution in [2.24, 2.45) is 0 Å². The minimum absolute atomic E-state index is 0.414. The summed E-state index contributed by atoms with van der Waals surface area (Å²) in [6.07, 6.45) is 1.89. The van der Waals surface area contributed by atoms with E-state index in [1.807, 2.05) is 79.7 Å². The van der Waals surface area contributed by atoms with E-state index < -0.39 is 0 Å². The van der Waals surface area contributed by atoms with Gasteiger partial charge < -0.3 is 4.74 Å². The monoisotopic (exact) mass is 485 g/mol. The molecule has 0 amide bonds. The Morgan fingerprint density at radius 2 is 1.85 bits per heavy atom. The molecule has 0 N–H and O–H groups in total. The van der Waals surface area contributed by atoms with Crippen molar-refractivity contribution in [3.8, 4) is 11.8 Å². The van der Waals surface area contributed by atoms with Crippen molar-refractivity contribution in [3.05, 3.63) is 97.6 Å². The molecule has 0 bridgehead atoms. The zero-order chi connectivity index (χ0) is 19.2. The molecule has 134 valence electrons. The van der Waals surface area contributed by atoms with Crippen LogP contribution in [0.1, 0.15) is 22.3 Å². The SMILES string of the molecule is Cc1ccc(/C(C#N)=C\c2ccc(OCc3ccccc3Cl)c(I)c2)cc1. The molecule has 0 atom stereocenters. The van der Waals surface area contributed by atoms with E-state index >= 15 is 0 Å². The third-order valence-electron chi connectivity index (χ3n) is 4.09. The predicted molar refractivity (Wildman–Crippen MR) is 120 cm³/mol. The Kier molecular flexibility index (Phi) is 6.54. The topological polar surface area (TPSA) is 33.0 Å². The van der Waals surface area contributed by atoms with Crippen molar-refractivity contribution < 1.29 is 4.74 Å². The summed E-state index contributed by atoms with van der Waals surface area (Å²) in [5.41, 5.74) is 4.63. The van der Waals surface area contributed by atoms with Gasteiger partial charge in [-0.25, -0.2) is 0 Å². The van der Waals surface area contributed by atoms with E-state index in [2.05, 4.69) is 28.7 Å². The van der Waals surface area contributed by atoms with Gasteiger partial charge in [0.1, 0.15) is 12.4 Å². The maximum absolute atomic E-state index is 9.51.